The molecule has 0 amide bonds. The zero-order valence-corrected chi connectivity index (χ0v) is 14.1. The van der Waals surface area contributed by atoms with Crippen molar-refractivity contribution in [3.63, 3.8) is 0 Å². The van der Waals surface area contributed by atoms with E-state index in [1.165, 1.54) is 23.6 Å². The summed E-state index contributed by atoms with van der Waals surface area (Å²) in [6.45, 7) is 0. The number of hydrogen-bond donors (Lipinski definition) is 2. The summed E-state index contributed by atoms with van der Waals surface area (Å²) in [6, 6.07) is 7.80. The Morgan fingerprint density at radius 2 is 2.17 bits per heavy atom. The van der Waals surface area contributed by atoms with Crippen LogP contribution in [0.4, 0.5) is 10.8 Å². The Bertz CT molecular complexity index is 974. The highest BCUT2D eigenvalue weighted by molar-refractivity contribution is 7.22. The van der Waals surface area contributed by atoms with Crippen molar-refractivity contribution in [1.29, 1.82) is 0 Å². The van der Waals surface area contributed by atoms with Gasteiger partial charge in [0, 0.05) is 16.7 Å². The lowest BCUT2D eigenvalue weighted by Crippen LogP contribution is -1.94. The van der Waals surface area contributed by atoms with Crippen LogP contribution in [0.15, 0.2) is 35.4 Å². The van der Waals surface area contributed by atoms with Gasteiger partial charge < -0.3 is 5.11 Å². The maximum Gasteiger partial charge on any atom is 0.312 e. The number of thiazole rings is 1. The summed E-state index contributed by atoms with van der Waals surface area (Å²) in [5.41, 5.74) is 3.05. The molecule has 0 spiro atoms. The third-order valence-corrected chi connectivity index (χ3v) is 4.67. The number of phenols is 1. The largest absolute Gasteiger partial charge is 0.502 e. The van der Waals surface area contributed by atoms with Crippen LogP contribution in [0.3, 0.4) is 0 Å². The Labute approximate surface area is 149 Å². The number of nitrogens with one attached hydrogen (secondary N) is 1. The summed E-state index contributed by atoms with van der Waals surface area (Å²) in [5.74, 6) is -0.512. The molecule has 7 nitrogen and oxygen atoms in total. The summed E-state index contributed by atoms with van der Waals surface area (Å²) < 4.78 is 0.818. The van der Waals surface area contributed by atoms with Crippen molar-refractivity contribution in [3.8, 4) is 5.75 Å². The lowest BCUT2D eigenvalue weighted by molar-refractivity contribution is -0.385. The van der Waals surface area contributed by atoms with Crippen molar-refractivity contribution in [2.45, 2.75) is 0 Å². The Balaban J connectivity index is 1.86. The van der Waals surface area contributed by atoms with Crippen molar-refractivity contribution in [1.82, 2.24) is 4.98 Å². The predicted octanol–water partition coefficient (Wildman–Crippen LogP) is 4.66. The van der Waals surface area contributed by atoms with Crippen LogP contribution in [0.1, 0.15) is 5.56 Å². The maximum atomic E-state index is 10.9. The van der Waals surface area contributed by atoms with Gasteiger partial charge in [0.1, 0.15) is 0 Å². The zero-order valence-electron chi connectivity index (χ0n) is 11.7. The monoisotopic (exact) mass is 382 g/mol. The van der Waals surface area contributed by atoms with Crippen LogP contribution < -0.4 is 5.43 Å². The molecule has 2 N–H and O–H groups in total. The molecule has 0 aliphatic heterocycles. The summed E-state index contributed by atoms with van der Waals surface area (Å²) in [5, 5.41) is 25.9. The molecule has 0 atom stereocenters. The Kier molecular flexibility index (Phi) is 4.52. The molecule has 3 aromatic rings. The fourth-order valence-corrected chi connectivity index (χ4v) is 3.29. The van der Waals surface area contributed by atoms with Gasteiger partial charge in [-0.1, -0.05) is 40.6 Å². The van der Waals surface area contributed by atoms with E-state index in [4.69, 9.17) is 23.2 Å². The highest BCUT2D eigenvalue weighted by Crippen LogP contribution is 2.33. The first-order valence-corrected chi connectivity index (χ1v) is 8.04. The highest BCUT2D eigenvalue weighted by Gasteiger charge is 2.17. The predicted molar refractivity (Wildman–Crippen MR) is 95.6 cm³/mol. The topological polar surface area (TPSA) is 101 Å². The van der Waals surface area contributed by atoms with Gasteiger partial charge in [-0.3, -0.25) is 15.5 Å². The van der Waals surface area contributed by atoms with Crippen molar-refractivity contribution in [2.75, 3.05) is 5.43 Å². The first kappa shape index (κ1) is 16.4. The second-order valence-electron chi connectivity index (χ2n) is 4.60. The number of anilines is 1. The van der Waals surface area contributed by atoms with E-state index in [0.717, 1.165) is 16.3 Å². The number of nitro groups is 1. The van der Waals surface area contributed by atoms with E-state index in [0.29, 0.717) is 10.2 Å². The summed E-state index contributed by atoms with van der Waals surface area (Å²) in [4.78, 5) is 14.4. The van der Waals surface area contributed by atoms with Crippen molar-refractivity contribution < 1.29 is 10.0 Å². The fraction of sp³-hybridized carbons (Fsp3) is 0. The molecule has 0 saturated carbocycles. The van der Waals surface area contributed by atoms with Crippen molar-refractivity contribution >= 4 is 61.8 Å². The summed E-state index contributed by atoms with van der Waals surface area (Å²) in [6.07, 6.45) is 1.22. The second-order valence-corrected chi connectivity index (χ2v) is 6.44. The SMILES string of the molecule is O=[N+]([O-])c1cc(Cl)cc(/C=N\Nc2nc3cccc(Cl)c3s2)c1O. The van der Waals surface area contributed by atoms with Gasteiger partial charge in [-0.2, -0.15) is 5.10 Å². The van der Waals surface area contributed by atoms with E-state index in [1.54, 1.807) is 12.1 Å². The Morgan fingerprint density at radius 1 is 1.38 bits per heavy atom. The Morgan fingerprint density at radius 3 is 2.88 bits per heavy atom. The van der Waals surface area contributed by atoms with Gasteiger partial charge in [0.05, 0.1) is 26.4 Å². The van der Waals surface area contributed by atoms with Crippen LogP contribution in [0, 0.1) is 10.1 Å². The number of aromatic nitrogens is 1. The molecule has 0 radical (unpaired) electrons. The minimum absolute atomic E-state index is 0.112. The first-order chi connectivity index (χ1) is 11.5. The number of fused-ring (bicyclic) bond motifs is 1. The number of halogens is 2. The van der Waals surface area contributed by atoms with Crippen LogP contribution >= 0.6 is 34.5 Å². The smallest absolute Gasteiger partial charge is 0.312 e. The van der Waals surface area contributed by atoms with Gasteiger partial charge in [0.15, 0.2) is 0 Å². The molecular weight excluding hydrogens is 375 g/mol. The standard InChI is InChI=1S/C14H8Cl2N4O3S/c15-8-4-7(12(21)11(5-8)20(22)23)6-17-19-14-18-10-3-1-2-9(16)13(10)24-14/h1-6,21H,(H,18,19)/b17-6-. The lowest BCUT2D eigenvalue weighted by atomic mass is 10.2. The van der Waals surface area contributed by atoms with Crippen LogP contribution in [-0.4, -0.2) is 21.2 Å². The third kappa shape index (κ3) is 3.25. The molecule has 122 valence electrons. The van der Waals surface area contributed by atoms with Crippen LogP contribution in [-0.2, 0) is 0 Å². The third-order valence-electron chi connectivity index (χ3n) is 3.01. The molecule has 1 aromatic heterocycles. The Hall–Kier alpha value is -2.42. The molecule has 2 aromatic carbocycles. The van der Waals surface area contributed by atoms with E-state index in [2.05, 4.69) is 15.5 Å². The number of hydrogen-bond acceptors (Lipinski definition) is 7. The maximum absolute atomic E-state index is 10.9. The molecular formula is C14H8Cl2N4O3S. The number of rotatable bonds is 4. The molecule has 1 heterocycles. The molecule has 0 aliphatic rings. The van der Waals surface area contributed by atoms with Gasteiger partial charge in [0.2, 0.25) is 10.9 Å². The van der Waals surface area contributed by atoms with E-state index < -0.39 is 16.4 Å². The molecule has 0 fully saturated rings. The molecule has 10 heteroatoms. The van der Waals surface area contributed by atoms with Crippen LogP contribution in [0.2, 0.25) is 10.0 Å². The fourth-order valence-electron chi connectivity index (χ4n) is 1.96. The number of hydrazone groups is 1. The van der Waals surface area contributed by atoms with Gasteiger partial charge >= 0.3 is 5.69 Å². The van der Waals surface area contributed by atoms with Gasteiger partial charge in [-0.05, 0) is 18.2 Å². The van der Waals surface area contributed by atoms with E-state index in [-0.39, 0.29) is 10.6 Å². The van der Waals surface area contributed by atoms with Gasteiger partial charge in [-0.15, -0.1) is 0 Å². The van der Waals surface area contributed by atoms with Crippen molar-refractivity contribution in [2.24, 2.45) is 5.10 Å². The van der Waals surface area contributed by atoms with Gasteiger partial charge in [0.25, 0.3) is 0 Å². The number of aromatic hydroxyl groups is 1. The van der Waals surface area contributed by atoms with E-state index in [1.807, 2.05) is 6.07 Å². The van der Waals surface area contributed by atoms with Crippen LogP contribution in [0.25, 0.3) is 10.2 Å². The average molecular weight is 383 g/mol. The molecule has 0 unspecified atom stereocenters. The number of benzene rings is 2. The lowest BCUT2D eigenvalue weighted by Gasteiger charge is -2.01. The van der Waals surface area contributed by atoms with E-state index in [9.17, 15) is 15.2 Å². The normalized spacial score (nSPS) is 11.2. The van der Waals surface area contributed by atoms with Gasteiger partial charge in [-0.25, -0.2) is 4.98 Å². The van der Waals surface area contributed by atoms with E-state index >= 15 is 0 Å². The number of nitro benzene ring substituents is 1. The van der Waals surface area contributed by atoms with Crippen LogP contribution in [0.5, 0.6) is 5.75 Å². The van der Waals surface area contributed by atoms with Crippen molar-refractivity contribution in [3.05, 3.63) is 56.1 Å². The average Bonchev–Trinajstić information content (AvgIpc) is 2.94. The molecule has 0 bridgehead atoms. The minimum Gasteiger partial charge on any atom is -0.502 e. The number of phenolic OH excluding ortho intramolecular Hbond substituents is 1. The summed E-state index contributed by atoms with van der Waals surface area (Å²) >= 11 is 13.2. The molecule has 3 rings (SSSR count). The molecule has 0 saturated heterocycles. The highest BCUT2D eigenvalue weighted by atomic mass is 35.5. The minimum atomic E-state index is -0.721. The quantitative estimate of drug-likeness (QED) is 0.388. The zero-order chi connectivity index (χ0) is 17.3. The number of nitrogens with zero attached hydrogens (tertiary/aromatic N) is 3. The molecule has 0 aliphatic carbocycles. The summed E-state index contributed by atoms with van der Waals surface area (Å²) in [7, 11) is 0. The molecule has 24 heavy (non-hydrogen) atoms. The first-order valence-electron chi connectivity index (χ1n) is 6.46. The second kappa shape index (κ2) is 6.60.